The average molecular weight is 417 g/mol. The fourth-order valence-electron chi connectivity index (χ4n) is 3.81. The number of hydrogen-bond acceptors (Lipinski definition) is 4. The van der Waals surface area contributed by atoms with E-state index in [1.165, 1.54) is 17.5 Å². The van der Waals surface area contributed by atoms with Crippen LogP contribution in [0.25, 0.3) is 0 Å². The Morgan fingerprint density at radius 1 is 1.21 bits per heavy atom. The third kappa shape index (κ3) is 4.16. The molecule has 7 heteroatoms. The molecule has 2 aromatic rings. The fourth-order valence-corrected chi connectivity index (χ4v) is 5.71. The molecule has 1 aliphatic heterocycles. The molecule has 1 atom stereocenters. The van der Waals surface area contributed by atoms with Crippen molar-refractivity contribution < 1.29 is 17.9 Å². The zero-order valence-electron chi connectivity index (χ0n) is 17.4. The van der Waals surface area contributed by atoms with Gasteiger partial charge in [0.1, 0.15) is 11.8 Å². The molecule has 0 aliphatic carbocycles. The molecule has 0 aromatic heterocycles. The number of nitrogens with one attached hydrogen (secondary N) is 1. The van der Waals surface area contributed by atoms with Crippen LogP contribution in [0.5, 0.6) is 5.75 Å². The molecule has 0 spiro atoms. The second kappa shape index (κ2) is 8.55. The lowest BCUT2D eigenvalue weighted by atomic mass is 10.1. The quantitative estimate of drug-likeness (QED) is 0.780. The van der Waals surface area contributed by atoms with Crippen molar-refractivity contribution in [2.45, 2.75) is 51.0 Å². The normalized spacial score (nSPS) is 17.3. The van der Waals surface area contributed by atoms with Gasteiger partial charge in [-0.25, -0.2) is 8.42 Å². The van der Waals surface area contributed by atoms with Crippen LogP contribution in [-0.2, 0) is 21.2 Å². The maximum absolute atomic E-state index is 13.4. The summed E-state index contributed by atoms with van der Waals surface area (Å²) >= 11 is 0. The van der Waals surface area contributed by atoms with Crippen molar-refractivity contribution in [1.82, 2.24) is 4.31 Å². The second-order valence-corrected chi connectivity index (χ2v) is 9.22. The summed E-state index contributed by atoms with van der Waals surface area (Å²) in [5.41, 5.74) is 3.41. The number of anilines is 1. The lowest BCUT2D eigenvalue weighted by Crippen LogP contribution is -2.43. The minimum Gasteiger partial charge on any atom is -0.497 e. The molecular weight excluding hydrogens is 388 g/mol. The van der Waals surface area contributed by atoms with E-state index in [1.54, 1.807) is 19.1 Å². The van der Waals surface area contributed by atoms with Crippen molar-refractivity contribution >= 4 is 21.6 Å². The van der Waals surface area contributed by atoms with Crippen LogP contribution in [0.4, 0.5) is 5.69 Å². The Morgan fingerprint density at radius 3 is 2.66 bits per heavy atom. The minimum absolute atomic E-state index is 0.182. The SMILES string of the molecule is CCc1cccc(C)c1NC(=O)[C@H]1CCCN1S(=O)(=O)c1cc(OC)ccc1C. The standard InChI is InChI=1S/C22H28N2O4S/c1-5-17-9-6-8-16(3)21(17)23-22(25)19-10-7-13-24(19)29(26,27)20-14-18(28-4)12-11-15(20)2/h6,8-9,11-12,14,19H,5,7,10,13H2,1-4H3,(H,23,25)/t19-/m1/s1. The Hall–Kier alpha value is -2.38. The molecule has 1 heterocycles. The minimum atomic E-state index is -3.82. The second-order valence-electron chi connectivity index (χ2n) is 7.36. The third-order valence-electron chi connectivity index (χ3n) is 5.48. The number of carbonyl (C=O) groups excluding carboxylic acids is 1. The predicted octanol–water partition coefficient (Wildman–Crippen LogP) is 3.67. The number of aryl methyl sites for hydroxylation is 3. The van der Waals surface area contributed by atoms with Crippen molar-refractivity contribution in [2.24, 2.45) is 0 Å². The molecule has 29 heavy (non-hydrogen) atoms. The summed E-state index contributed by atoms with van der Waals surface area (Å²) in [4.78, 5) is 13.3. The monoisotopic (exact) mass is 416 g/mol. The van der Waals surface area contributed by atoms with Gasteiger partial charge in [-0.05, 0) is 55.9 Å². The molecule has 156 valence electrons. The number of rotatable bonds is 6. The maximum atomic E-state index is 13.4. The van der Waals surface area contributed by atoms with Crippen LogP contribution >= 0.6 is 0 Å². The van der Waals surface area contributed by atoms with E-state index in [4.69, 9.17) is 4.74 Å². The summed E-state index contributed by atoms with van der Waals surface area (Å²) in [5, 5.41) is 2.99. The largest absolute Gasteiger partial charge is 0.497 e. The van der Waals surface area contributed by atoms with Gasteiger partial charge in [-0.2, -0.15) is 4.31 Å². The zero-order chi connectivity index (χ0) is 21.2. The molecule has 1 amide bonds. The number of methoxy groups -OCH3 is 1. The molecule has 3 rings (SSSR count). The number of nitrogens with zero attached hydrogens (tertiary/aromatic N) is 1. The number of hydrogen-bond donors (Lipinski definition) is 1. The lowest BCUT2D eigenvalue weighted by molar-refractivity contribution is -0.119. The summed E-state index contributed by atoms with van der Waals surface area (Å²) in [5.74, 6) is 0.192. The Labute approximate surface area is 172 Å². The first-order valence-corrected chi connectivity index (χ1v) is 11.3. The Kier molecular flexibility index (Phi) is 6.29. The third-order valence-corrected chi connectivity index (χ3v) is 7.53. The Morgan fingerprint density at radius 2 is 1.97 bits per heavy atom. The van der Waals surface area contributed by atoms with Crippen molar-refractivity contribution in [3.8, 4) is 5.75 Å². The van der Waals surface area contributed by atoms with E-state index in [2.05, 4.69) is 5.32 Å². The first kappa shape index (κ1) is 21.3. The summed E-state index contributed by atoms with van der Waals surface area (Å²) in [6.07, 6.45) is 1.93. The van der Waals surface area contributed by atoms with E-state index in [1.807, 2.05) is 32.0 Å². The van der Waals surface area contributed by atoms with Gasteiger partial charge in [0.05, 0.1) is 12.0 Å². The van der Waals surface area contributed by atoms with Crippen molar-refractivity contribution in [3.63, 3.8) is 0 Å². The highest BCUT2D eigenvalue weighted by atomic mass is 32.2. The van der Waals surface area contributed by atoms with E-state index in [9.17, 15) is 13.2 Å². The van der Waals surface area contributed by atoms with E-state index in [0.717, 1.165) is 23.2 Å². The van der Waals surface area contributed by atoms with E-state index >= 15 is 0 Å². The van der Waals surface area contributed by atoms with Crippen LogP contribution in [0.3, 0.4) is 0 Å². The molecule has 1 fully saturated rings. The van der Waals surface area contributed by atoms with Gasteiger partial charge in [-0.1, -0.05) is 31.2 Å². The van der Waals surface area contributed by atoms with Crippen LogP contribution in [-0.4, -0.2) is 38.3 Å². The highest BCUT2D eigenvalue weighted by Crippen LogP contribution is 2.31. The van der Waals surface area contributed by atoms with Crippen LogP contribution in [0.2, 0.25) is 0 Å². The van der Waals surface area contributed by atoms with Gasteiger partial charge < -0.3 is 10.1 Å². The molecule has 0 radical (unpaired) electrons. The number of ether oxygens (including phenoxy) is 1. The number of para-hydroxylation sites is 1. The van der Waals surface area contributed by atoms with Crippen LogP contribution < -0.4 is 10.1 Å². The van der Waals surface area contributed by atoms with E-state index in [0.29, 0.717) is 30.7 Å². The van der Waals surface area contributed by atoms with Crippen molar-refractivity contribution in [2.75, 3.05) is 19.0 Å². The van der Waals surface area contributed by atoms with Gasteiger partial charge in [-0.15, -0.1) is 0 Å². The van der Waals surface area contributed by atoms with Crippen molar-refractivity contribution in [3.05, 3.63) is 53.1 Å². The zero-order valence-corrected chi connectivity index (χ0v) is 18.2. The highest BCUT2D eigenvalue weighted by molar-refractivity contribution is 7.89. The smallest absolute Gasteiger partial charge is 0.244 e. The van der Waals surface area contributed by atoms with E-state index in [-0.39, 0.29) is 10.8 Å². The Bertz CT molecular complexity index is 1020. The topological polar surface area (TPSA) is 75.7 Å². The molecule has 1 aliphatic rings. The number of amides is 1. The molecule has 1 N–H and O–H groups in total. The van der Waals surface area contributed by atoms with Gasteiger partial charge in [-0.3, -0.25) is 4.79 Å². The number of benzene rings is 2. The summed E-state index contributed by atoms with van der Waals surface area (Å²) in [7, 11) is -2.32. The van der Waals surface area contributed by atoms with Gasteiger partial charge in [0, 0.05) is 18.3 Å². The number of carbonyl (C=O) groups is 1. The van der Waals surface area contributed by atoms with Gasteiger partial charge >= 0.3 is 0 Å². The van der Waals surface area contributed by atoms with E-state index < -0.39 is 16.1 Å². The first-order chi connectivity index (χ1) is 13.8. The molecule has 0 bridgehead atoms. The van der Waals surface area contributed by atoms with Crippen LogP contribution in [0, 0.1) is 13.8 Å². The molecule has 0 unspecified atom stereocenters. The van der Waals surface area contributed by atoms with Gasteiger partial charge in [0.25, 0.3) is 0 Å². The van der Waals surface area contributed by atoms with Gasteiger partial charge in [0.15, 0.2) is 0 Å². The number of sulfonamides is 1. The highest BCUT2D eigenvalue weighted by Gasteiger charge is 2.40. The molecule has 1 saturated heterocycles. The predicted molar refractivity (Wildman–Crippen MR) is 114 cm³/mol. The van der Waals surface area contributed by atoms with Crippen LogP contribution in [0.1, 0.15) is 36.5 Å². The van der Waals surface area contributed by atoms with Crippen LogP contribution in [0.15, 0.2) is 41.3 Å². The molecule has 2 aromatic carbocycles. The molecule has 0 saturated carbocycles. The first-order valence-electron chi connectivity index (χ1n) is 9.85. The average Bonchev–Trinajstić information content (AvgIpc) is 3.20. The maximum Gasteiger partial charge on any atom is 0.244 e. The lowest BCUT2D eigenvalue weighted by Gasteiger charge is -2.25. The summed E-state index contributed by atoms with van der Waals surface area (Å²) in [6, 6.07) is 10.1. The molecule has 6 nitrogen and oxygen atoms in total. The van der Waals surface area contributed by atoms with Crippen molar-refractivity contribution in [1.29, 1.82) is 0 Å². The summed E-state index contributed by atoms with van der Waals surface area (Å²) in [6.45, 7) is 6.05. The van der Waals surface area contributed by atoms with Gasteiger partial charge in [0.2, 0.25) is 15.9 Å². The Balaban J connectivity index is 1.91. The molecular formula is C22H28N2O4S. The summed E-state index contributed by atoms with van der Waals surface area (Å²) < 4.78 is 33.3. The fraction of sp³-hybridized carbons (Fsp3) is 0.409.